The fraction of sp³-hybridized carbons (Fsp3) is 0.533. The molecule has 4 nitrogen and oxygen atoms in total. The van der Waals surface area contributed by atoms with E-state index < -0.39 is 0 Å². The quantitative estimate of drug-likeness (QED) is 0.715. The van der Waals surface area contributed by atoms with Gasteiger partial charge in [0.05, 0.1) is 12.2 Å². The third-order valence-corrected chi connectivity index (χ3v) is 2.93. The molecule has 0 aliphatic rings. The fourth-order valence-corrected chi connectivity index (χ4v) is 1.93. The molecule has 112 valence electrons. The smallest absolute Gasteiger partial charge is 0.239 e. The number of hydrogen-bond donors (Lipinski definition) is 2. The number of carbonyl (C=O) groups excluding carboxylic acids is 1. The first-order chi connectivity index (χ1) is 9.58. The molecule has 5 heteroatoms. The van der Waals surface area contributed by atoms with Crippen molar-refractivity contribution in [2.45, 2.75) is 26.8 Å². The van der Waals surface area contributed by atoms with Crippen LogP contribution in [0.3, 0.4) is 0 Å². The number of nitrogens with zero attached hydrogens (tertiary/aromatic N) is 1. The summed E-state index contributed by atoms with van der Waals surface area (Å²) in [6.45, 7) is 6.25. The minimum absolute atomic E-state index is 0.108. The van der Waals surface area contributed by atoms with Crippen molar-refractivity contribution in [3.8, 4) is 0 Å². The lowest BCUT2D eigenvalue weighted by Gasteiger charge is -2.19. The molecule has 0 bridgehead atoms. The Bertz CT molecular complexity index is 437. The van der Waals surface area contributed by atoms with Gasteiger partial charge < -0.3 is 15.5 Å². The number of rotatable bonds is 8. The summed E-state index contributed by atoms with van der Waals surface area (Å²) in [7, 11) is 1.71. The van der Waals surface area contributed by atoms with E-state index >= 15 is 0 Å². The molecule has 0 spiro atoms. The summed E-state index contributed by atoms with van der Waals surface area (Å²) in [6.07, 6.45) is 1.05. The van der Waals surface area contributed by atoms with Crippen LogP contribution in [0.4, 0.5) is 10.1 Å². The molecule has 0 heterocycles. The van der Waals surface area contributed by atoms with Crippen LogP contribution in [0.25, 0.3) is 0 Å². The Morgan fingerprint density at radius 2 is 2.10 bits per heavy atom. The maximum atomic E-state index is 14.0. The van der Waals surface area contributed by atoms with Gasteiger partial charge in [0.1, 0.15) is 5.82 Å². The molecule has 20 heavy (non-hydrogen) atoms. The fourth-order valence-electron chi connectivity index (χ4n) is 1.93. The highest BCUT2D eigenvalue weighted by Crippen LogP contribution is 2.19. The number of anilines is 1. The molecule has 1 aromatic carbocycles. The largest absolute Gasteiger partial charge is 0.363 e. The van der Waals surface area contributed by atoms with Crippen LogP contribution in [-0.2, 0) is 11.3 Å². The Hall–Kier alpha value is -1.62. The SMILES string of the molecule is CCCNCc1ccc(N(C)CC(=O)NCC)c(F)c1. The maximum absolute atomic E-state index is 14.0. The van der Waals surface area contributed by atoms with Gasteiger partial charge in [-0.2, -0.15) is 0 Å². The molecule has 0 atom stereocenters. The van der Waals surface area contributed by atoms with Crippen molar-refractivity contribution in [2.24, 2.45) is 0 Å². The predicted octanol–water partition coefficient (Wildman–Crippen LogP) is 1.90. The lowest BCUT2D eigenvalue weighted by atomic mass is 10.2. The van der Waals surface area contributed by atoms with Crippen LogP contribution in [0.5, 0.6) is 0 Å². The standard InChI is InChI=1S/C15H24FN3O/c1-4-8-17-10-12-6-7-14(13(16)9-12)19(3)11-15(20)18-5-2/h6-7,9,17H,4-5,8,10-11H2,1-3H3,(H,18,20). The van der Waals surface area contributed by atoms with Gasteiger partial charge in [0, 0.05) is 20.1 Å². The molecule has 1 aromatic rings. The summed E-state index contributed by atoms with van der Waals surface area (Å²) in [5, 5.41) is 5.93. The second kappa shape index (κ2) is 8.53. The van der Waals surface area contributed by atoms with Gasteiger partial charge in [0.15, 0.2) is 0 Å². The van der Waals surface area contributed by atoms with Gasteiger partial charge in [-0.05, 0) is 37.6 Å². The Kier molecular flexibility index (Phi) is 7.01. The molecule has 0 aliphatic heterocycles. The molecule has 0 unspecified atom stereocenters. The van der Waals surface area contributed by atoms with E-state index in [0.717, 1.165) is 18.5 Å². The molecule has 1 rings (SSSR count). The third kappa shape index (κ3) is 5.17. The van der Waals surface area contributed by atoms with Gasteiger partial charge in [0.2, 0.25) is 5.91 Å². The van der Waals surface area contributed by atoms with Crippen molar-refractivity contribution in [1.29, 1.82) is 0 Å². The van der Waals surface area contributed by atoms with E-state index in [-0.39, 0.29) is 18.3 Å². The van der Waals surface area contributed by atoms with E-state index in [1.165, 1.54) is 6.07 Å². The van der Waals surface area contributed by atoms with Crippen molar-refractivity contribution in [3.05, 3.63) is 29.6 Å². The molecule has 0 radical (unpaired) electrons. The Morgan fingerprint density at radius 1 is 1.35 bits per heavy atom. The highest BCUT2D eigenvalue weighted by molar-refractivity contribution is 5.81. The highest BCUT2D eigenvalue weighted by Gasteiger charge is 2.11. The minimum Gasteiger partial charge on any atom is -0.363 e. The number of carbonyl (C=O) groups is 1. The zero-order valence-electron chi connectivity index (χ0n) is 12.5. The van der Waals surface area contributed by atoms with Crippen LogP contribution < -0.4 is 15.5 Å². The molecule has 1 amide bonds. The van der Waals surface area contributed by atoms with Crippen molar-refractivity contribution in [3.63, 3.8) is 0 Å². The normalized spacial score (nSPS) is 10.4. The molecule has 2 N–H and O–H groups in total. The van der Waals surface area contributed by atoms with Gasteiger partial charge in [-0.25, -0.2) is 4.39 Å². The van der Waals surface area contributed by atoms with Gasteiger partial charge >= 0.3 is 0 Å². The monoisotopic (exact) mass is 281 g/mol. The zero-order chi connectivity index (χ0) is 15.0. The van der Waals surface area contributed by atoms with E-state index in [2.05, 4.69) is 17.6 Å². The van der Waals surface area contributed by atoms with Crippen LogP contribution in [0.1, 0.15) is 25.8 Å². The minimum atomic E-state index is -0.299. The van der Waals surface area contributed by atoms with Gasteiger partial charge in [0.25, 0.3) is 0 Å². The summed E-state index contributed by atoms with van der Waals surface area (Å²) in [4.78, 5) is 13.1. The lowest BCUT2D eigenvalue weighted by Crippen LogP contribution is -2.35. The summed E-state index contributed by atoms with van der Waals surface area (Å²) >= 11 is 0. The highest BCUT2D eigenvalue weighted by atomic mass is 19.1. The summed E-state index contributed by atoms with van der Waals surface area (Å²) in [5.74, 6) is -0.407. The van der Waals surface area contributed by atoms with Crippen LogP contribution in [0.2, 0.25) is 0 Å². The van der Waals surface area contributed by atoms with Gasteiger partial charge in [-0.3, -0.25) is 4.79 Å². The lowest BCUT2D eigenvalue weighted by molar-refractivity contribution is -0.119. The average Bonchev–Trinajstić information content (AvgIpc) is 2.39. The van der Waals surface area contributed by atoms with Crippen molar-refractivity contribution in [2.75, 3.05) is 31.6 Å². The number of amides is 1. The molecule has 0 saturated carbocycles. The number of benzene rings is 1. The van der Waals surface area contributed by atoms with Crippen LogP contribution >= 0.6 is 0 Å². The average molecular weight is 281 g/mol. The van der Waals surface area contributed by atoms with Crippen LogP contribution in [-0.4, -0.2) is 32.6 Å². The first-order valence-corrected chi connectivity index (χ1v) is 7.05. The summed E-state index contributed by atoms with van der Waals surface area (Å²) in [5.41, 5.74) is 1.35. The first-order valence-electron chi connectivity index (χ1n) is 7.05. The number of likely N-dealkylation sites (N-methyl/N-ethyl adjacent to an activating group) is 2. The van der Waals surface area contributed by atoms with E-state index in [1.54, 1.807) is 18.0 Å². The number of hydrogen-bond acceptors (Lipinski definition) is 3. The van der Waals surface area contributed by atoms with Crippen LogP contribution in [0, 0.1) is 5.82 Å². The number of nitrogens with one attached hydrogen (secondary N) is 2. The third-order valence-electron chi connectivity index (χ3n) is 2.93. The van der Waals surface area contributed by atoms with E-state index in [4.69, 9.17) is 0 Å². The first kappa shape index (κ1) is 16.4. The van der Waals surface area contributed by atoms with Crippen LogP contribution in [0.15, 0.2) is 18.2 Å². The molecular formula is C15H24FN3O. The predicted molar refractivity (Wildman–Crippen MR) is 80.4 cm³/mol. The number of halogens is 1. The second-order valence-electron chi connectivity index (χ2n) is 4.77. The molecule has 0 saturated heterocycles. The van der Waals surface area contributed by atoms with E-state index in [9.17, 15) is 9.18 Å². The Balaban J connectivity index is 2.64. The second-order valence-corrected chi connectivity index (χ2v) is 4.77. The Morgan fingerprint density at radius 3 is 2.70 bits per heavy atom. The van der Waals surface area contributed by atoms with Crippen molar-refractivity contribution < 1.29 is 9.18 Å². The van der Waals surface area contributed by atoms with Crippen molar-refractivity contribution in [1.82, 2.24) is 10.6 Å². The van der Waals surface area contributed by atoms with E-state index in [0.29, 0.717) is 18.8 Å². The van der Waals surface area contributed by atoms with E-state index in [1.807, 2.05) is 13.0 Å². The van der Waals surface area contributed by atoms with Gasteiger partial charge in [-0.1, -0.05) is 13.0 Å². The summed E-state index contributed by atoms with van der Waals surface area (Å²) in [6, 6.07) is 5.12. The molecule has 0 aromatic heterocycles. The zero-order valence-corrected chi connectivity index (χ0v) is 12.5. The molecule has 0 fully saturated rings. The molecule has 0 aliphatic carbocycles. The topological polar surface area (TPSA) is 44.4 Å². The molecular weight excluding hydrogens is 257 g/mol. The Labute approximate surface area is 120 Å². The van der Waals surface area contributed by atoms with Crippen molar-refractivity contribution >= 4 is 11.6 Å². The summed E-state index contributed by atoms with van der Waals surface area (Å²) < 4.78 is 14.0. The van der Waals surface area contributed by atoms with Gasteiger partial charge in [-0.15, -0.1) is 0 Å². The maximum Gasteiger partial charge on any atom is 0.239 e.